The van der Waals surface area contributed by atoms with Crippen molar-refractivity contribution >= 4 is 15.9 Å². The number of fused-ring (bicyclic) bond motifs is 1. The summed E-state index contributed by atoms with van der Waals surface area (Å²) in [4.78, 5) is 0. The summed E-state index contributed by atoms with van der Waals surface area (Å²) in [5, 5.41) is 0. The fraction of sp³-hybridized carbons (Fsp3) is 0.538. The zero-order chi connectivity index (χ0) is 11.3. The van der Waals surface area contributed by atoms with E-state index >= 15 is 0 Å². The molecule has 0 spiro atoms. The molecule has 1 aliphatic rings. The fourth-order valence-electron chi connectivity index (χ4n) is 2.63. The van der Waals surface area contributed by atoms with Crippen LogP contribution in [-0.2, 0) is 5.41 Å². The Balaban J connectivity index is 2.55. The SMILES string of the molecule is CC1(C)CC(C)(C)c2ccc(Br)cc2O1. The molecule has 1 aromatic carbocycles. The molecule has 0 fully saturated rings. The third-order valence-electron chi connectivity index (χ3n) is 2.93. The Morgan fingerprint density at radius 3 is 2.53 bits per heavy atom. The average molecular weight is 269 g/mol. The van der Waals surface area contributed by atoms with Gasteiger partial charge in [0.1, 0.15) is 11.4 Å². The van der Waals surface area contributed by atoms with Gasteiger partial charge in [-0.1, -0.05) is 35.8 Å². The van der Waals surface area contributed by atoms with Crippen LogP contribution >= 0.6 is 15.9 Å². The number of hydrogen-bond donors (Lipinski definition) is 0. The molecule has 1 aromatic rings. The predicted molar refractivity (Wildman–Crippen MR) is 66.5 cm³/mol. The lowest BCUT2D eigenvalue weighted by molar-refractivity contribution is 0.0533. The molecule has 0 aromatic heterocycles. The second kappa shape index (κ2) is 3.24. The number of rotatable bonds is 0. The van der Waals surface area contributed by atoms with Crippen LogP contribution in [0.4, 0.5) is 0 Å². The van der Waals surface area contributed by atoms with Gasteiger partial charge in [0.05, 0.1) is 0 Å². The standard InChI is InChI=1S/C13H17BrO/c1-12(2)8-13(3,4)15-11-7-9(14)5-6-10(11)12/h5-7H,8H2,1-4H3. The first kappa shape index (κ1) is 11.0. The van der Waals surface area contributed by atoms with E-state index in [9.17, 15) is 0 Å². The second-order valence-electron chi connectivity index (χ2n) is 5.56. The Hall–Kier alpha value is -0.500. The molecule has 0 atom stereocenters. The third-order valence-corrected chi connectivity index (χ3v) is 3.42. The maximum absolute atomic E-state index is 6.01. The van der Waals surface area contributed by atoms with E-state index in [0.717, 1.165) is 16.6 Å². The van der Waals surface area contributed by atoms with E-state index < -0.39 is 0 Å². The molecule has 1 heterocycles. The summed E-state index contributed by atoms with van der Waals surface area (Å²) in [5.41, 5.74) is 1.43. The Kier molecular flexibility index (Phi) is 2.38. The van der Waals surface area contributed by atoms with Gasteiger partial charge in [0, 0.05) is 10.0 Å². The van der Waals surface area contributed by atoms with Crippen molar-refractivity contribution in [2.24, 2.45) is 0 Å². The quantitative estimate of drug-likeness (QED) is 0.682. The van der Waals surface area contributed by atoms with Gasteiger partial charge in [-0.05, 0) is 37.8 Å². The van der Waals surface area contributed by atoms with E-state index in [2.05, 4.69) is 61.8 Å². The molecule has 0 aliphatic carbocycles. The number of benzene rings is 1. The van der Waals surface area contributed by atoms with Crippen LogP contribution in [-0.4, -0.2) is 5.60 Å². The molecule has 82 valence electrons. The van der Waals surface area contributed by atoms with E-state index in [1.54, 1.807) is 0 Å². The first-order valence-electron chi connectivity index (χ1n) is 5.29. The summed E-state index contributed by atoms with van der Waals surface area (Å²) < 4.78 is 7.08. The lowest BCUT2D eigenvalue weighted by Gasteiger charge is -2.42. The summed E-state index contributed by atoms with van der Waals surface area (Å²) in [6.45, 7) is 8.87. The van der Waals surface area contributed by atoms with Crippen molar-refractivity contribution in [2.75, 3.05) is 0 Å². The molecule has 0 N–H and O–H groups in total. The van der Waals surface area contributed by atoms with Gasteiger partial charge in [-0.15, -0.1) is 0 Å². The van der Waals surface area contributed by atoms with E-state index in [4.69, 9.17) is 4.74 Å². The lowest BCUT2D eigenvalue weighted by Crippen LogP contribution is -2.41. The normalized spacial score (nSPS) is 21.7. The van der Waals surface area contributed by atoms with E-state index in [1.165, 1.54) is 5.56 Å². The predicted octanol–water partition coefficient (Wildman–Crippen LogP) is 4.29. The average Bonchev–Trinajstić information content (AvgIpc) is 1.97. The zero-order valence-corrected chi connectivity index (χ0v) is 11.3. The Morgan fingerprint density at radius 1 is 1.20 bits per heavy atom. The molecule has 0 saturated heterocycles. The molecule has 15 heavy (non-hydrogen) atoms. The highest BCUT2D eigenvalue weighted by atomic mass is 79.9. The zero-order valence-electron chi connectivity index (χ0n) is 9.73. The van der Waals surface area contributed by atoms with Gasteiger partial charge in [-0.2, -0.15) is 0 Å². The first-order chi connectivity index (χ1) is 6.80. The number of ether oxygens (including phenoxy) is 1. The second-order valence-corrected chi connectivity index (χ2v) is 6.48. The minimum atomic E-state index is -0.0721. The van der Waals surface area contributed by atoms with Crippen LogP contribution < -0.4 is 4.74 Å². The van der Waals surface area contributed by atoms with Crippen LogP contribution in [0.3, 0.4) is 0 Å². The highest BCUT2D eigenvalue weighted by Crippen LogP contribution is 2.45. The Morgan fingerprint density at radius 2 is 1.87 bits per heavy atom. The summed E-state index contributed by atoms with van der Waals surface area (Å²) in [6.07, 6.45) is 1.05. The van der Waals surface area contributed by atoms with Crippen molar-refractivity contribution in [3.63, 3.8) is 0 Å². The van der Waals surface area contributed by atoms with Crippen molar-refractivity contribution in [1.82, 2.24) is 0 Å². The van der Waals surface area contributed by atoms with Crippen molar-refractivity contribution in [1.29, 1.82) is 0 Å². The van der Waals surface area contributed by atoms with Crippen molar-refractivity contribution in [3.05, 3.63) is 28.2 Å². The van der Waals surface area contributed by atoms with Crippen LogP contribution in [0.25, 0.3) is 0 Å². The third kappa shape index (κ3) is 2.05. The number of hydrogen-bond acceptors (Lipinski definition) is 1. The van der Waals surface area contributed by atoms with Gasteiger partial charge in [-0.25, -0.2) is 0 Å². The summed E-state index contributed by atoms with van der Waals surface area (Å²) in [7, 11) is 0. The smallest absolute Gasteiger partial charge is 0.124 e. The maximum atomic E-state index is 6.01. The maximum Gasteiger partial charge on any atom is 0.124 e. The van der Waals surface area contributed by atoms with Crippen molar-refractivity contribution in [3.8, 4) is 5.75 Å². The van der Waals surface area contributed by atoms with Crippen molar-refractivity contribution in [2.45, 2.75) is 45.1 Å². The summed E-state index contributed by atoms with van der Waals surface area (Å²) >= 11 is 3.49. The Bertz CT molecular complexity index is 394. The molecule has 0 saturated carbocycles. The largest absolute Gasteiger partial charge is 0.487 e. The van der Waals surface area contributed by atoms with Gasteiger partial charge in [0.2, 0.25) is 0 Å². The van der Waals surface area contributed by atoms with E-state index in [0.29, 0.717) is 0 Å². The molecule has 0 radical (unpaired) electrons. The minimum Gasteiger partial charge on any atom is -0.487 e. The summed E-state index contributed by atoms with van der Waals surface area (Å²) in [5.74, 6) is 1.02. The molecule has 0 bridgehead atoms. The van der Waals surface area contributed by atoms with Crippen LogP contribution in [0.5, 0.6) is 5.75 Å². The lowest BCUT2D eigenvalue weighted by atomic mass is 9.74. The van der Waals surface area contributed by atoms with Crippen LogP contribution in [0.1, 0.15) is 39.7 Å². The van der Waals surface area contributed by atoms with Gasteiger partial charge >= 0.3 is 0 Å². The topological polar surface area (TPSA) is 9.23 Å². The van der Waals surface area contributed by atoms with Gasteiger partial charge in [-0.3, -0.25) is 0 Å². The van der Waals surface area contributed by atoms with Crippen LogP contribution in [0.2, 0.25) is 0 Å². The highest BCUT2D eigenvalue weighted by Gasteiger charge is 2.38. The van der Waals surface area contributed by atoms with Crippen molar-refractivity contribution < 1.29 is 4.74 Å². The van der Waals surface area contributed by atoms with Crippen LogP contribution in [0, 0.1) is 0 Å². The molecule has 2 heteroatoms. The molecular weight excluding hydrogens is 252 g/mol. The first-order valence-corrected chi connectivity index (χ1v) is 6.09. The van der Waals surface area contributed by atoms with E-state index in [-0.39, 0.29) is 11.0 Å². The number of halogens is 1. The van der Waals surface area contributed by atoms with Gasteiger partial charge < -0.3 is 4.74 Å². The van der Waals surface area contributed by atoms with Gasteiger partial charge in [0.25, 0.3) is 0 Å². The van der Waals surface area contributed by atoms with E-state index in [1.807, 2.05) is 0 Å². The summed E-state index contributed by atoms with van der Waals surface area (Å²) in [6, 6.07) is 6.31. The molecule has 1 aliphatic heterocycles. The van der Waals surface area contributed by atoms with Gasteiger partial charge in [0.15, 0.2) is 0 Å². The molecular formula is C13H17BrO. The molecule has 1 nitrogen and oxygen atoms in total. The van der Waals surface area contributed by atoms with Crippen LogP contribution in [0.15, 0.2) is 22.7 Å². The fourth-order valence-corrected chi connectivity index (χ4v) is 2.97. The monoisotopic (exact) mass is 268 g/mol. The molecule has 2 rings (SSSR count). The minimum absolute atomic E-state index is 0.0721. The highest BCUT2D eigenvalue weighted by molar-refractivity contribution is 9.10. The molecule has 0 unspecified atom stereocenters. The molecule has 0 amide bonds. The Labute approximate surface area is 100.0 Å².